The number of nitrogens with one attached hydrogen (secondary N) is 1. The third-order valence-electron chi connectivity index (χ3n) is 2.20. The lowest BCUT2D eigenvalue weighted by atomic mass is 10.1. The fourth-order valence-electron chi connectivity index (χ4n) is 1.28. The average Bonchev–Trinajstić information content (AvgIpc) is 2.26. The topological polar surface area (TPSA) is 47.6 Å². The molecule has 0 fully saturated rings. The maximum absolute atomic E-state index is 11.2. The molecule has 0 aromatic carbocycles. The van der Waals surface area contributed by atoms with Crippen molar-refractivity contribution >= 4 is 5.97 Å². The zero-order valence-corrected chi connectivity index (χ0v) is 11.5. The van der Waals surface area contributed by atoms with E-state index in [0.717, 1.165) is 13.1 Å². The Balaban J connectivity index is 3.10. The summed E-state index contributed by atoms with van der Waals surface area (Å²) >= 11 is 0. The Labute approximate surface area is 105 Å². The Morgan fingerprint density at radius 1 is 1.18 bits per heavy atom. The molecule has 0 spiro atoms. The number of rotatable bonds is 11. The molecular formula is C13H27NO3. The van der Waals surface area contributed by atoms with Gasteiger partial charge in [-0.2, -0.15) is 0 Å². The second kappa shape index (κ2) is 11.9. The van der Waals surface area contributed by atoms with E-state index in [1.54, 1.807) is 0 Å². The minimum atomic E-state index is -0.135. The summed E-state index contributed by atoms with van der Waals surface area (Å²) in [5.74, 6) is 0.218. The molecule has 17 heavy (non-hydrogen) atoms. The molecule has 1 N–H and O–H groups in total. The minimum absolute atomic E-state index is 0.135. The molecule has 0 atom stereocenters. The Morgan fingerprint density at radius 2 is 1.94 bits per heavy atom. The summed E-state index contributed by atoms with van der Waals surface area (Å²) < 4.78 is 10.3. The lowest BCUT2D eigenvalue weighted by Crippen LogP contribution is -2.22. The summed E-state index contributed by atoms with van der Waals surface area (Å²) in [5, 5.41) is 3.28. The summed E-state index contributed by atoms with van der Waals surface area (Å²) in [6, 6.07) is 0. The van der Waals surface area contributed by atoms with Crippen molar-refractivity contribution in [2.24, 2.45) is 5.92 Å². The summed E-state index contributed by atoms with van der Waals surface area (Å²) in [6.07, 6.45) is 2.89. The Morgan fingerprint density at radius 3 is 2.59 bits per heavy atom. The number of ether oxygens (including phenoxy) is 2. The normalized spacial score (nSPS) is 10.8. The monoisotopic (exact) mass is 245 g/mol. The zero-order valence-electron chi connectivity index (χ0n) is 11.5. The van der Waals surface area contributed by atoms with Crippen LogP contribution in [0.2, 0.25) is 0 Å². The molecule has 0 radical (unpaired) electrons. The SMILES string of the molecule is CCCCNCCOCCOC(=O)CC(C)C. The van der Waals surface area contributed by atoms with Crippen LogP contribution in [0.1, 0.15) is 40.0 Å². The molecule has 0 aromatic heterocycles. The average molecular weight is 245 g/mol. The van der Waals surface area contributed by atoms with Crippen LogP contribution in [-0.2, 0) is 14.3 Å². The largest absolute Gasteiger partial charge is 0.463 e. The van der Waals surface area contributed by atoms with Gasteiger partial charge in [-0.1, -0.05) is 27.2 Å². The van der Waals surface area contributed by atoms with Gasteiger partial charge in [0, 0.05) is 13.0 Å². The molecular weight excluding hydrogens is 218 g/mol. The standard InChI is InChI=1S/C13H27NO3/c1-4-5-6-14-7-8-16-9-10-17-13(15)11-12(2)3/h12,14H,4-11H2,1-3H3. The predicted octanol–water partition coefficient (Wildman–Crippen LogP) is 1.98. The summed E-state index contributed by atoms with van der Waals surface area (Å²) in [7, 11) is 0. The number of carbonyl (C=O) groups is 1. The smallest absolute Gasteiger partial charge is 0.306 e. The van der Waals surface area contributed by atoms with Gasteiger partial charge in [0.15, 0.2) is 0 Å². The van der Waals surface area contributed by atoms with Gasteiger partial charge < -0.3 is 14.8 Å². The van der Waals surface area contributed by atoms with Crippen LogP contribution in [0.15, 0.2) is 0 Å². The number of hydrogen-bond acceptors (Lipinski definition) is 4. The minimum Gasteiger partial charge on any atom is -0.463 e. The summed E-state index contributed by atoms with van der Waals surface area (Å²) in [6.45, 7) is 9.59. The molecule has 0 aliphatic carbocycles. The maximum Gasteiger partial charge on any atom is 0.306 e. The van der Waals surface area contributed by atoms with Crippen molar-refractivity contribution in [3.05, 3.63) is 0 Å². The van der Waals surface area contributed by atoms with Crippen LogP contribution in [-0.4, -0.2) is 38.9 Å². The molecule has 0 aliphatic heterocycles. The zero-order chi connectivity index (χ0) is 12.9. The van der Waals surface area contributed by atoms with Crippen LogP contribution >= 0.6 is 0 Å². The quantitative estimate of drug-likeness (QED) is 0.447. The second-order valence-electron chi connectivity index (χ2n) is 4.53. The first-order chi connectivity index (χ1) is 8.16. The van der Waals surface area contributed by atoms with Crippen molar-refractivity contribution in [2.75, 3.05) is 32.9 Å². The van der Waals surface area contributed by atoms with E-state index in [4.69, 9.17) is 9.47 Å². The third kappa shape index (κ3) is 13.3. The molecule has 4 heteroatoms. The molecule has 102 valence electrons. The first kappa shape index (κ1) is 16.4. The molecule has 0 unspecified atom stereocenters. The molecule has 0 heterocycles. The van der Waals surface area contributed by atoms with Crippen LogP contribution < -0.4 is 5.32 Å². The highest BCUT2D eigenvalue weighted by molar-refractivity contribution is 5.69. The van der Waals surface area contributed by atoms with Gasteiger partial charge in [-0.3, -0.25) is 4.79 Å². The van der Waals surface area contributed by atoms with E-state index in [2.05, 4.69) is 12.2 Å². The van der Waals surface area contributed by atoms with Crippen LogP contribution in [0, 0.1) is 5.92 Å². The van der Waals surface area contributed by atoms with E-state index in [9.17, 15) is 4.79 Å². The van der Waals surface area contributed by atoms with E-state index in [-0.39, 0.29) is 5.97 Å². The molecule has 0 saturated heterocycles. The van der Waals surface area contributed by atoms with Crippen molar-refractivity contribution in [2.45, 2.75) is 40.0 Å². The van der Waals surface area contributed by atoms with Crippen LogP contribution in [0.4, 0.5) is 0 Å². The molecule has 0 aliphatic rings. The predicted molar refractivity (Wildman–Crippen MR) is 69.0 cm³/mol. The maximum atomic E-state index is 11.2. The van der Waals surface area contributed by atoms with Gasteiger partial charge in [0.25, 0.3) is 0 Å². The van der Waals surface area contributed by atoms with Crippen LogP contribution in [0.25, 0.3) is 0 Å². The van der Waals surface area contributed by atoms with Crippen molar-refractivity contribution in [1.82, 2.24) is 5.32 Å². The number of unbranched alkanes of at least 4 members (excludes halogenated alkanes) is 1. The number of esters is 1. The van der Waals surface area contributed by atoms with E-state index in [0.29, 0.717) is 32.2 Å². The van der Waals surface area contributed by atoms with Gasteiger partial charge in [0.05, 0.1) is 13.2 Å². The summed E-state index contributed by atoms with van der Waals surface area (Å²) in [4.78, 5) is 11.2. The fraction of sp³-hybridized carbons (Fsp3) is 0.923. The van der Waals surface area contributed by atoms with Gasteiger partial charge in [-0.25, -0.2) is 0 Å². The second-order valence-corrected chi connectivity index (χ2v) is 4.53. The van der Waals surface area contributed by atoms with E-state index in [1.807, 2.05) is 13.8 Å². The van der Waals surface area contributed by atoms with Crippen molar-refractivity contribution in [3.63, 3.8) is 0 Å². The fourth-order valence-corrected chi connectivity index (χ4v) is 1.28. The van der Waals surface area contributed by atoms with Crippen LogP contribution in [0.5, 0.6) is 0 Å². The molecule has 0 saturated carbocycles. The van der Waals surface area contributed by atoms with Crippen molar-refractivity contribution in [1.29, 1.82) is 0 Å². The molecule has 0 aromatic rings. The Bertz CT molecular complexity index is 184. The molecule has 4 nitrogen and oxygen atoms in total. The van der Waals surface area contributed by atoms with E-state index < -0.39 is 0 Å². The highest BCUT2D eigenvalue weighted by Gasteiger charge is 2.05. The van der Waals surface area contributed by atoms with Gasteiger partial charge in [0.2, 0.25) is 0 Å². The number of hydrogen-bond donors (Lipinski definition) is 1. The first-order valence-corrected chi connectivity index (χ1v) is 6.60. The van der Waals surface area contributed by atoms with Gasteiger partial charge in [-0.05, 0) is 18.9 Å². The van der Waals surface area contributed by atoms with E-state index >= 15 is 0 Å². The van der Waals surface area contributed by atoms with E-state index in [1.165, 1.54) is 12.8 Å². The van der Waals surface area contributed by atoms with Gasteiger partial charge in [-0.15, -0.1) is 0 Å². The highest BCUT2D eigenvalue weighted by Crippen LogP contribution is 2.00. The first-order valence-electron chi connectivity index (χ1n) is 6.60. The molecule has 0 bridgehead atoms. The highest BCUT2D eigenvalue weighted by atomic mass is 16.6. The lowest BCUT2D eigenvalue weighted by molar-refractivity contribution is -0.146. The molecule has 0 rings (SSSR count). The lowest BCUT2D eigenvalue weighted by Gasteiger charge is -2.08. The Hall–Kier alpha value is -0.610. The summed E-state index contributed by atoms with van der Waals surface area (Å²) in [5.41, 5.74) is 0. The van der Waals surface area contributed by atoms with Crippen LogP contribution in [0.3, 0.4) is 0 Å². The third-order valence-corrected chi connectivity index (χ3v) is 2.20. The van der Waals surface area contributed by atoms with Crippen molar-refractivity contribution in [3.8, 4) is 0 Å². The van der Waals surface area contributed by atoms with Crippen molar-refractivity contribution < 1.29 is 14.3 Å². The van der Waals surface area contributed by atoms with Gasteiger partial charge in [0.1, 0.15) is 6.61 Å². The van der Waals surface area contributed by atoms with Gasteiger partial charge >= 0.3 is 5.97 Å². The number of carbonyl (C=O) groups excluding carboxylic acids is 1. The molecule has 0 amide bonds. The Kier molecular flexibility index (Phi) is 11.4.